The van der Waals surface area contributed by atoms with Gasteiger partial charge in [0.15, 0.2) is 0 Å². The molecule has 0 atom stereocenters. The number of hydrogen-bond donors (Lipinski definition) is 1. The molecule has 0 spiro atoms. The van der Waals surface area contributed by atoms with E-state index in [1.165, 1.54) is 5.56 Å². The van der Waals surface area contributed by atoms with Crippen molar-refractivity contribution in [1.29, 1.82) is 0 Å². The highest BCUT2D eigenvalue weighted by molar-refractivity contribution is 5.40. The minimum atomic E-state index is 0.872. The molecule has 0 unspecified atom stereocenters. The number of rotatable bonds is 8. The van der Waals surface area contributed by atoms with Gasteiger partial charge in [0, 0.05) is 25.8 Å². The predicted octanol–water partition coefficient (Wildman–Crippen LogP) is 2.98. The topological polar surface area (TPSA) is 28.2 Å². The van der Waals surface area contributed by atoms with Crippen LogP contribution in [-0.4, -0.2) is 24.6 Å². The van der Waals surface area contributed by atoms with Crippen LogP contribution < -0.4 is 10.2 Å². The van der Waals surface area contributed by atoms with Gasteiger partial charge in [0.1, 0.15) is 5.82 Å². The summed E-state index contributed by atoms with van der Waals surface area (Å²) in [4.78, 5) is 6.75. The third-order valence-electron chi connectivity index (χ3n) is 2.73. The van der Waals surface area contributed by atoms with Gasteiger partial charge in [-0.05, 0) is 38.4 Å². The fourth-order valence-electron chi connectivity index (χ4n) is 1.80. The SMILES string of the molecule is C=C(C)CN(CC)c1ccc(CNCCC)cn1. The van der Waals surface area contributed by atoms with Crippen LogP contribution in [0.1, 0.15) is 32.8 Å². The standard InChI is InChI=1S/C15H25N3/c1-5-9-16-10-14-7-8-15(17-11-14)18(6-2)12-13(3)4/h7-8,11,16H,3,5-6,9-10,12H2,1-2,4H3. The third kappa shape index (κ3) is 4.88. The number of nitrogens with one attached hydrogen (secondary N) is 1. The second-order valence-electron chi connectivity index (χ2n) is 4.67. The Labute approximate surface area is 111 Å². The van der Waals surface area contributed by atoms with E-state index in [4.69, 9.17) is 0 Å². The Morgan fingerprint density at radius 3 is 2.67 bits per heavy atom. The van der Waals surface area contributed by atoms with E-state index >= 15 is 0 Å². The molecule has 0 amide bonds. The van der Waals surface area contributed by atoms with Crippen molar-refractivity contribution in [2.75, 3.05) is 24.5 Å². The molecular formula is C15H25N3. The lowest BCUT2D eigenvalue weighted by molar-refractivity contribution is 0.673. The zero-order chi connectivity index (χ0) is 13.4. The number of hydrogen-bond acceptors (Lipinski definition) is 3. The molecule has 100 valence electrons. The molecular weight excluding hydrogens is 222 g/mol. The van der Waals surface area contributed by atoms with Crippen LogP contribution in [0.3, 0.4) is 0 Å². The molecule has 0 aliphatic heterocycles. The molecule has 0 bridgehead atoms. The summed E-state index contributed by atoms with van der Waals surface area (Å²) in [5.74, 6) is 1.03. The van der Waals surface area contributed by atoms with E-state index in [0.29, 0.717) is 0 Å². The number of nitrogens with zero attached hydrogens (tertiary/aromatic N) is 2. The highest BCUT2D eigenvalue weighted by Crippen LogP contribution is 2.12. The Hall–Kier alpha value is -1.35. The van der Waals surface area contributed by atoms with Gasteiger partial charge < -0.3 is 10.2 Å². The summed E-state index contributed by atoms with van der Waals surface area (Å²) in [7, 11) is 0. The van der Waals surface area contributed by atoms with Crippen LogP contribution >= 0.6 is 0 Å². The summed E-state index contributed by atoms with van der Waals surface area (Å²) >= 11 is 0. The first-order valence-electron chi connectivity index (χ1n) is 6.72. The zero-order valence-electron chi connectivity index (χ0n) is 11.9. The van der Waals surface area contributed by atoms with Crippen LogP contribution in [0.5, 0.6) is 0 Å². The summed E-state index contributed by atoms with van der Waals surface area (Å²) in [5.41, 5.74) is 2.39. The molecule has 1 N–H and O–H groups in total. The van der Waals surface area contributed by atoms with Crippen LogP contribution in [-0.2, 0) is 6.54 Å². The van der Waals surface area contributed by atoms with Gasteiger partial charge in [0.25, 0.3) is 0 Å². The molecule has 0 saturated heterocycles. The van der Waals surface area contributed by atoms with Crippen LogP contribution in [0, 0.1) is 0 Å². The largest absolute Gasteiger partial charge is 0.353 e. The Morgan fingerprint density at radius 2 is 2.17 bits per heavy atom. The van der Waals surface area contributed by atoms with Gasteiger partial charge in [-0.2, -0.15) is 0 Å². The number of anilines is 1. The molecule has 1 rings (SSSR count). The average molecular weight is 247 g/mol. The van der Waals surface area contributed by atoms with E-state index < -0.39 is 0 Å². The molecule has 18 heavy (non-hydrogen) atoms. The van der Waals surface area contributed by atoms with Crippen molar-refractivity contribution in [3.63, 3.8) is 0 Å². The van der Waals surface area contributed by atoms with E-state index in [1.807, 2.05) is 13.1 Å². The zero-order valence-corrected chi connectivity index (χ0v) is 11.9. The maximum Gasteiger partial charge on any atom is 0.128 e. The van der Waals surface area contributed by atoms with Gasteiger partial charge in [-0.25, -0.2) is 4.98 Å². The summed E-state index contributed by atoms with van der Waals surface area (Å²) in [6.07, 6.45) is 3.12. The summed E-state index contributed by atoms with van der Waals surface area (Å²) < 4.78 is 0. The number of aromatic nitrogens is 1. The van der Waals surface area contributed by atoms with E-state index in [0.717, 1.165) is 44.0 Å². The van der Waals surface area contributed by atoms with Crippen molar-refractivity contribution in [2.45, 2.75) is 33.7 Å². The summed E-state index contributed by atoms with van der Waals surface area (Å²) in [5, 5.41) is 3.38. The minimum Gasteiger partial charge on any atom is -0.353 e. The van der Waals surface area contributed by atoms with Crippen LogP contribution in [0.4, 0.5) is 5.82 Å². The molecule has 3 heteroatoms. The summed E-state index contributed by atoms with van der Waals surface area (Å²) in [6, 6.07) is 4.24. The molecule has 0 radical (unpaired) electrons. The Kier molecular flexibility index (Phi) is 6.44. The van der Waals surface area contributed by atoms with E-state index in [1.54, 1.807) is 0 Å². The molecule has 0 aliphatic carbocycles. The maximum absolute atomic E-state index is 4.53. The molecule has 0 saturated carbocycles. The Morgan fingerprint density at radius 1 is 1.39 bits per heavy atom. The second-order valence-corrected chi connectivity index (χ2v) is 4.67. The van der Waals surface area contributed by atoms with Crippen LogP contribution in [0.2, 0.25) is 0 Å². The molecule has 1 aromatic rings. The van der Waals surface area contributed by atoms with Gasteiger partial charge in [-0.3, -0.25) is 0 Å². The molecule has 1 aromatic heterocycles. The lowest BCUT2D eigenvalue weighted by Gasteiger charge is -2.22. The molecule has 0 aliphatic rings. The van der Waals surface area contributed by atoms with Crippen molar-refractivity contribution >= 4 is 5.82 Å². The van der Waals surface area contributed by atoms with Gasteiger partial charge in [-0.15, -0.1) is 0 Å². The Bertz CT molecular complexity index is 357. The molecule has 0 fully saturated rings. The molecule has 1 heterocycles. The van der Waals surface area contributed by atoms with Crippen LogP contribution in [0.25, 0.3) is 0 Å². The normalized spacial score (nSPS) is 10.4. The van der Waals surface area contributed by atoms with E-state index in [2.05, 4.69) is 47.8 Å². The third-order valence-corrected chi connectivity index (χ3v) is 2.73. The van der Waals surface area contributed by atoms with Crippen molar-refractivity contribution in [2.24, 2.45) is 0 Å². The quantitative estimate of drug-likeness (QED) is 0.565. The molecule has 3 nitrogen and oxygen atoms in total. The first-order chi connectivity index (χ1) is 8.67. The van der Waals surface area contributed by atoms with Crippen molar-refractivity contribution in [3.8, 4) is 0 Å². The smallest absolute Gasteiger partial charge is 0.128 e. The first-order valence-corrected chi connectivity index (χ1v) is 6.72. The van der Waals surface area contributed by atoms with Crippen molar-refractivity contribution in [1.82, 2.24) is 10.3 Å². The Balaban J connectivity index is 2.59. The van der Waals surface area contributed by atoms with Crippen molar-refractivity contribution in [3.05, 3.63) is 36.0 Å². The van der Waals surface area contributed by atoms with E-state index in [9.17, 15) is 0 Å². The second kappa shape index (κ2) is 7.88. The highest BCUT2D eigenvalue weighted by atomic mass is 15.2. The van der Waals surface area contributed by atoms with Crippen LogP contribution in [0.15, 0.2) is 30.5 Å². The fourth-order valence-corrected chi connectivity index (χ4v) is 1.80. The average Bonchev–Trinajstić information content (AvgIpc) is 2.37. The highest BCUT2D eigenvalue weighted by Gasteiger charge is 2.05. The monoisotopic (exact) mass is 247 g/mol. The molecule has 0 aromatic carbocycles. The first kappa shape index (κ1) is 14.7. The fraction of sp³-hybridized carbons (Fsp3) is 0.533. The number of pyridine rings is 1. The van der Waals surface area contributed by atoms with Crippen molar-refractivity contribution < 1.29 is 0 Å². The predicted molar refractivity (Wildman–Crippen MR) is 78.9 cm³/mol. The number of likely N-dealkylation sites (N-methyl/N-ethyl adjacent to an activating group) is 1. The van der Waals surface area contributed by atoms with Gasteiger partial charge in [-0.1, -0.05) is 25.1 Å². The van der Waals surface area contributed by atoms with Gasteiger partial charge in [0.05, 0.1) is 0 Å². The lowest BCUT2D eigenvalue weighted by atomic mass is 10.2. The van der Waals surface area contributed by atoms with Gasteiger partial charge >= 0.3 is 0 Å². The van der Waals surface area contributed by atoms with Gasteiger partial charge in [0.2, 0.25) is 0 Å². The minimum absolute atomic E-state index is 0.872. The summed E-state index contributed by atoms with van der Waals surface area (Å²) in [6.45, 7) is 14.1. The van der Waals surface area contributed by atoms with E-state index in [-0.39, 0.29) is 0 Å². The maximum atomic E-state index is 4.53. The lowest BCUT2D eigenvalue weighted by Crippen LogP contribution is -2.25.